The predicted octanol–water partition coefficient (Wildman–Crippen LogP) is 3.40. The second-order valence-corrected chi connectivity index (χ2v) is 5.78. The zero-order valence-corrected chi connectivity index (χ0v) is 13.1. The third kappa shape index (κ3) is 4.40. The van der Waals surface area contributed by atoms with Crippen LogP contribution in [-0.2, 0) is 6.54 Å². The van der Waals surface area contributed by atoms with E-state index in [2.05, 4.69) is 38.9 Å². The number of aliphatic hydroxyl groups excluding tert-OH is 1. The molecule has 0 aliphatic rings. The topological polar surface area (TPSA) is 36.4 Å². The van der Waals surface area contributed by atoms with Gasteiger partial charge in [0, 0.05) is 30.0 Å². The lowest BCUT2D eigenvalue weighted by Gasteiger charge is -2.19. The summed E-state index contributed by atoms with van der Waals surface area (Å²) in [5.74, 6) is 0. The standard InChI is InChI=1S/C16H19BrN2O/c1-19(12-13-5-4-9-18-11-13)10-8-16(20)14-6-2-3-7-15(14)17/h2-7,9,11,16,20H,8,10,12H2,1H3. The van der Waals surface area contributed by atoms with Crippen molar-refractivity contribution in [2.75, 3.05) is 13.6 Å². The van der Waals surface area contributed by atoms with Crippen LogP contribution in [0.2, 0.25) is 0 Å². The van der Waals surface area contributed by atoms with Gasteiger partial charge in [-0.05, 0) is 36.7 Å². The maximum atomic E-state index is 10.2. The first-order valence-electron chi connectivity index (χ1n) is 6.67. The fourth-order valence-electron chi connectivity index (χ4n) is 2.13. The summed E-state index contributed by atoms with van der Waals surface area (Å²) in [5.41, 5.74) is 2.13. The fourth-order valence-corrected chi connectivity index (χ4v) is 2.67. The van der Waals surface area contributed by atoms with Crippen LogP contribution in [0, 0.1) is 0 Å². The molecule has 1 aromatic carbocycles. The van der Waals surface area contributed by atoms with E-state index in [-0.39, 0.29) is 0 Å². The zero-order chi connectivity index (χ0) is 14.4. The van der Waals surface area contributed by atoms with Crippen molar-refractivity contribution >= 4 is 15.9 Å². The second-order valence-electron chi connectivity index (χ2n) is 4.93. The summed E-state index contributed by atoms with van der Waals surface area (Å²) in [7, 11) is 2.06. The van der Waals surface area contributed by atoms with Crippen molar-refractivity contribution in [3.63, 3.8) is 0 Å². The Hall–Kier alpha value is -1.23. The first-order chi connectivity index (χ1) is 9.66. The monoisotopic (exact) mass is 334 g/mol. The molecule has 0 saturated heterocycles. The maximum absolute atomic E-state index is 10.2. The first-order valence-corrected chi connectivity index (χ1v) is 7.46. The molecule has 20 heavy (non-hydrogen) atoms. The van der Waals surface area contributed by atoms with Crippen molar-refractivity contribution in [1.82, 2.24) is 9.88 Å². The van der Waals surface area contributed by atoms with Gasteiger partial charge in [-0.1, -0.05) is 40.2 Å². The number of halogens is 1. The molecular formula is C16H19BrN2O. The van der Waals surface area contributed by atoms with Gasteiger partial charge < -0.3 is 10.0 Å². The smallest absolute Gasteiger partial charge is 0.0813 e. The van der Waals surface area contributed by atoms with E-state index in [1.165, 1.54) is 5.56 Å². The minimum Gasteiger partial charge on any atom is -0.388 e. The lowest BCUT2D eigenvalue weighted by Crippen LogP contribution is -2.21. The van der Waals surface area contributed by atoms with E-state index in [1.54, 1.807) is 6.20 Å². The van der Waals surface area contributed by atoms with Crippen molar-refractivity contribution in [3.05, 3.63) is 64.4 Å². The summed E-state index contributed by atoms with van der Waals surface area (Å²) in [4.78, 5) is 6.30. The Bertz CT molecular complexity index is 533. The minimum absolute atomic E-state index is 0.443. The Kier molecular flexibility index (Phi) is 5.71. The van der Waals surface area contributed by atoms with Crippen LogP contribution in [0.3, 0.4) is 0 Å². The van der Waals surface area contributed by atoms with Gasteiger partial charge in [-0.3, -0.25) is 4.98 Å². The third-order valence-electron chi connectivity index (χ3n) is 3.22. The van der Waals surface area contributed by atoms with Crippen LogP contribution >= 0.6 is 15.9 Å². The Morgan fingerprint density at radius 3 is 2.75 bits per heavy atom. The first kappa shape index (κ1) is 15.2. The maximum Gasteiger partial charge on any atom is 0.0813 e. The van der Waals surface area contributed by atoms with Gasteiger partial charge in [-0.15, -0.1) is 0 Å². The van der Waals surface area contributed by atoms with E-state index in [0.29, 0.717) is 6.42 Å². The van der Waals surface area contributed by atoms with Crippen LogP contribution in [0.25, 0.3) is 0 Å². The molecule has 0 aliphatic heterocycles. The summed E-state index contributed by atoms with van der Waals surface area (Å²) in [6, 6.07) is 11.8. The number of rotatable bonds is 6. The molecule has 0 bridgehead atoms. The minimum atomic E-state index is -0.443. The summed E-state index contributed by atoms with van der Waals surface area (Å²) < 4.78 is 0.961. The molecule has 0 saturated carbocycles. The van der Waals surface area contributed by atoms with Crippen LogP contribution in [-0.4, -0.2) is 28.6 Å². The number of hydrogen-bond acceptors (Lipinski definition) is 3. The van der Waals surface area contributed by atoms with Gasteiger partial charge in [0.2, 0.25) is 0 Å². The van der Waals surface area contributed by atoms with Gasteiger partial charge in [0.1, 0.15) is 0 Å². The summed E-state index contributed by atoms with van der Waals surface area (Å²) in [6.45, 7) is 1.67. The van der Waals surface area contributed by atoms with Gasteiger partial charge in [0.15, 0.2) is 0 Å². The molecule has 2 aromatic rings. The van der Waals surface area contributed by atoms with Crippen molar-refractivity contribution in [1.29, 1.82) is 0 Å². The molecule has 0 aliphatic carbocycles. The highest BCUT2D eigenvalue weighted by molar-refractivity contribution is 9.10. The number of nitrogens with zero attached hydrogens (tertiary/aromatic N) is 2. The van der Waals surface area contributed by atoms with E-state index >= 15 is 0 Å². The van der Waals surface area contributed by atoms with E-state index in [9.17, 15) is 5.11 Å². The highest BCUT2D eigenvalue weighted by Crippen LogP contribution is 2.25. The largest absolute Gasteiger partial charge is 0.388 e. The molecule has 0 amide bonds. The van der Waals surface area contributed by atoms with Crippen molar-refractivity contribution < 1.29 is 5.11 Å². The Labute approximate surface area is 128 Å². The van der Waals surface area contributed by atoms with Gasteiger partial charge >= 0.3 is 0 Å². The molecule has 0 fully saturated rings. The van der Waals surface area contributed by atoms with Crippen LogP contribution in [0.4, 0.5) is 0 Å². The molecule has 1 unspecified atom stereocenters. The quantitative estimate of drug-likeness (QED) is 0.879. The molecule has 1 aromatic heterocycles. The molecule has 1 heterocycles. The van der Waals surface area contributed by atoms with Crippen molar-refractivity contribution in [3.8, 4) is 0 Å². The SMILES string of the molecule is CN(CCC(O)c1ccccc1Br)Cc1cccnc1. The average Bonchev–Trinajstić information content (AvgIpc) is 2.46. The molecule has 1 N–H and O–H groups in total. The third-order valence-corrected chi connectivity index (χ3v) is 3.95. The van der Waals surface area contributed by atoms with Gasteiger partial charge in [0.05, 0.1) is 6.10 Å². The number of hydrogen-bond donors (Lipinski definition) is 1. The molecule has 0 radical (unpaired) electrons. The van der Waals surface area contributed by atoms with Crippen LogP contribution in [0.15, 0.2) is 53.3 Å². The molecule has 106 valence electrons. The second kappa shape index (κ2) is 7.53. The van der Waals surface area contributed by atoms with Crippen LogP contribution < -0.4 is 0 Å². The fraction of sp³-hybridized carbons (Fsp3) is 0.312. The van der Waals surface area contributed by atoms with E-state index in [4.69, 9.17) is 0 Å². The molecule has 0 spiro atoms. The molecule has 1 atom stereocenters. The normalized spacial score (nSPS) is 12.6. The highest BCUT2D eigenvalue weighted by Gasteiger charge is 2.11. The summed E-state index contributed by atoms with van der Waals surface area (Å²) in [5, 5.41) is 10.2. The molecule has 3 nitrogen and oxygen atoms in total. The number of aliphatic hydroxyl groups is 1. The number of aromatic nitrogens is 1. The zero-order valence-electron chi connectivity index (χ0n) is 11.5. The van der Waals surface area contributed by atoms with E-state index in [0.717, 1.165) is 23.1 Å². The van der Waals surface area contributed by atoms with Gasteiger partial charge in [0.25, 0.3) is 0 Å². The predicted molar refractivity (Wildman–Crippen MR) is 84.3 cm³/mol. The highest BCUT2D eigenvalue weighted by atomic mass is 79.9. The number of benzene rings is 1. The van der Waals surface area contributed by atoms with E-state index in [1.807, 2.05) is 36.5 Å². The Balaban J connectivity index is 1.84. The lowest BCUT2D eigenvalue weighted by molar-refractivity contribution is 0.147. The Morgan fingerprint density at radius 1 is 1.25 bits per heavy atom. The van der Waals surface area contributed by atoms with Gasteiger partial charge in [-0.2, -0.15) is 0 Å². The summed E-state index contributed by atoms with van der Waals surface area (Å²) in [6.07, 6.45) is 3.92. The lowest BCUT2D eigenvalue weighted by atomic mass is 10.1. The molecule has 2 rings (SSSR count). The summed E-state index contributed by atoms with van der Waals surface area (Å²) >= 11 is 3.48. The van der Waals surface area contributed by atoms with Crippen molar-refractivity contribution in [2.45, 2.75) is 19.1 Å². The molecular weight excluding hydrogens is 316 g/mol. The van der Waals surface area contributed by atoms with E-state index < -0.39 is 6.10 Å². The van der Waals surface area contributed by atoms with Gasteiger partial charge in [-0.25, -0.2) is 0 Å². The number of pyridine rings is 1. The van der Waals surface area contributed by atoms with Crippen LogP contribution in [0.5, 0.6) is 0 Å². The molecule has 4 heteroatoms. The Morgan fingerprint density at radius 2 is 2.05 bits per heavy atom. The van der Waals surface area contributed by atoms with Crippen molar-refractivity contribution in [2.24, 2.45) is 0 Å². The average molecular weight is 335 g/mol. The van der Waals surface area contributed by atoms with Crippen LogP contribution in [0.1, 0.15) is 23.7 Å².